The number of carbonyl (C=O) groups is 3. The van der Waals surface area contributed by atoms with E-state index < -0.39 is 24.0 Å². The molecule has 0 aliphatic heterocycles. The number of fused-ring (bicyclic) bond motifs is 1. The summed E-state index contributed by atoms with van der Waals surface area (Å²) in [5, 5.41) is 5.05. The van der Waals surface area contributed by atoms with Crippen molar-refractivity contribution in [2.24, 2.45) is 0 Å². The van der Waals surface area contributed by atoms with Gasteiger partial charge in [-0.15, -0.1) is 0 Å². The molecule has 0 fully saturated rings. The first kappa shape index (κ1) is 21.4. The minimum atomic E-state index is -1.13. The summed E-state index contributed by atoms with van der Waals surface area (Å²) < 4.78 is 10.9. The number of oxazole rings is 1. The second-order valence-corrected chi connectivity index (χ2v) is 7.22. The van der Waals surface area contributed by atoms with Crippen LogP contribution in [0.1, 0.15) is 29.8 Å². The van der Waals surface area contributed by atoms with Crippen LogP contribution >= 0.6 is 11.8 Å². The molecule has 0 radical (unpaired) electrons. The van der Waals surface area contributed by atoms with Crippen LogP contribution in [0.2, 0.25) is 0 Å². The van der Waals surface area contributed by atoms with E-state index in [-0.39, 0.29) is 0 Å². The molecule has 3 aromatic rings. The quantitative estimate of drug-likeness (QED) is 0.438. The highest BCUT2D eigenvalue weighted by atomic mass is 32.2. The zero-order chi connectivity index (χ0) is 21.5. The Morgan fingerprint density at radius 3 is 2.63 bits per heavy atom. The molecule has 1 atom stereocenters. The maximum Gasteiger partial charge on any atom is 0.339 e. The van der Waals surface area contributed by atoms with Crippen LogP contribution in [0, 0.1) is 0 Å². The number of nitrogens with zero attached hydrogens (tertiary/aromatic N) is 1. The number of thioether (sulfide) groups is 1. The van der Waals surface area contributed by atoms with Gasteiger partial charge in [0.25, 0.3) is 11.1 Å². The van der Waals surface area contributed by atoms with Gasteiger partial charge < -0.3 is 14.5 Å². The summed E-state index contributed by atoms with van der Waals surface area (Å²) in [6, 6.07) is 13.8. The fourth-order valence-electron chi connectivity index (χ4n) is 2.59. The van der Waals surface area contributed by atoms with Crippen molar-refractivity contribution in [2.75, 3.05) is 6.54 Å². The molecule has 2 N–H and O–H groups in total. The van der Waals surface area contributed by atoms with E-state index in [0.29, 0.717) is 34.2 Å². The Morgan fingerprint density at radius 1 is 1.13 bits per heavy atom. The van der Waals surface area contributed by atoms with Gasteiger partial charge in [0, 0.05) is 12.3 Å². The lowest BCUT2D eigenvalue weighted by Gasteiger charge is -2.14. The molecule has 0 saturated carbocycles. The monoisotopic (exact) mass is 427 g/mol. The van der Waals surface area contributed by atoms with Gasteiger partial charge in [-0.1, -0.05) is 42.1 Å². The van der Waals surface area contributed by atoms with Gasteiger partial charge in [-0.05, 0) is 37.6 Å². The molecule has 0 spiro atoms. The fourth-order valence-corrected chi connectivity index (χ4v) is 3.44. The maximum absolute atomic E-state index is 12.6. The molecule has 156 valence electrons. The predicted molar refractivity (Wildman–Crippen MR) is 112 cm³/mol. The minimum absolute atomic E-state index is 0.332. The highest BCUT2D eigenvalue weighted by Gasteiger charge is 2.22. The minimum Gasteiger partial charge on any atom is -0.449 e. The Morgan fingerprint density at radius 2 is 1.87 bits per heavy atom. The Bertz CT molecular complexity index is 1030. The number of imide groups is 1. The number of hydrogen-bond acceptors (Lipinski definition) is 7. The lowest BCUT2D eigenvalue weighted by Crippen LogP contribution is -2.44. The first-order valence-corrected chi connectivity index (χ1v) is 10.3. The van der Waals surface area contributed by atoms with Crippen molar-refractivity contribution in [3.63, 3.8) is 0 Å². The number of aromatic nitrogens is 1. The maximum atomic E-state index is 12.6. The number of rotatable bonds is 7. The van der Waals surface area contributed by atoms with E-state index in [0.717, 1.165) is 5.52 Å². The number of ether oxygens (including phenoxy) is 1. The molecule has 0 aliphatic rings. The van der Waals surface area contributed by atoms with Gasteiger partial charge in [-0.3, -0.25) is 10.1 Å². The van der Waals surface area contributed by atoms with Crippen LogP contribution in [0.15, 0.2) is 58.2 Å². The van der Waals surface area contributed by atoms with Crippen molar-refractivity contribution >= 4 is 40.8 Å². The highest BCUT2D eigenvalue weighted by Crippen LogP contribution is 2.27. The van der Waals surface area contributed by atoms with E-state index in [1.165, 1.54) is 18.7 Å². The van der Waals surface area contributed by atoms with Crippen molar-refractivity contribution in [1.82, 2.24) is 15.6 Å². The number of carbonyl (C=O) groups excluding carboxylic acids is 3. The lowest BCUT2D eigenvalue weighted by molar-refractivity contribution is -0.127. The Balaban J connectivity index is 1.64. The van der Waals surface area contributed by atoms with Gasteiger partial charge in [0.2, 0.25) is 0 Å². The molecule has 30 heavy (non-hydrogen) atoms. The average Bonchev–Trinajstić information content (AvgIpc) is 3.15. The van der Waals surface area contributed by atoms with Crippen LogP contribution in [0.3, 0.4) is 0 Å². The zero-order valence-electron chi connectivity index (χ0n) is 16.5. The van der Waals surface area contributed by atoms with Gasteiger partial charge in [0.1, 0.15) is 5.52 Å². The Hall–Kier alpha value is -3.33. The number of esters is 1. The molecule has 2 aromatic carbocycles. The smallest absolute Gasteiger partial charge is 0.339 e. The summed E-state index contributed by atoms with van der Waals surface area (Å²) >= 11 is 1.35. The number of benzene rings is 2. The summed E-state index contributed by atoms with van der Waals surface area (Å²) in [4.78, 5) is 40.5. The average molecular weight is 427 g/mol. The standard InChI is InChI=1S/C21H21N3O5S/c1-3-22-20(27)24-18(25)13(2)28-19(26)15-9-5-4-8-14(15)12-30-21-23-16-10-6-7-11-17(16)29-21/h4-11,13H,3,12H2,1-2H3,(H2,22,24,25,27). The summed E-state index contributed by atoms with van der Waals surface area (Å²) in [6.07, 6.45) is -1.13. The summed E-state index contributed by atoms with van der Waals surface area (Å²) in [5.74, 6) is -0.924. The molecule has 0 saturated heterocycles. The van der Waals surface area contributed by atoms with E-state index in [4.69, 9.17) is 9.15 Å². The molecular weight excluding hydrogens is 406 g/mol. The summed E-state index contributed by atoms with van der Waals surface area (Å²) in [7, 11) is 0. The van der Waals surface area contributed by atoms with Crippen molar-refractivity contribution in [1.29, 1.82) is 0 Å². The van der Waals surface area contributed by atoms with Gasteiger partial charge in [-0.2, -0.15) is 0 Å². The van der Waals surface area contributed by atoms with E-state index in [2.05, 4.69) is 15.6 Å². The lowest BCUT2D eigenvalue weighted by atomic mass is 10.1. The molecule has 8 nitrogen and oxygen atoms in total. The predicted octanol–water partition coefficient (Wildman–Crippen LogP) is 3.51. The van der Waals surface area contributed by atoms with E-state index >= 15 is 0 Å². The van der Waals surface area contributed by atoms with Gasteiger partial charge in [0.15, 0.2) is 11.7 Å². The largest absolute Gasteiger partial charge is 0.449 e. The van der Waals surface area contributed by atoms with E-state index in [1.807, 2.05) is 30.3 Å². The second kappa shape index (κ2) is 9.93. The first-order chi connectivity index (χ1) is 14.5. The molecule has 0 bridgehead atoms. The van der Waals surface area contributed by atoms with Crippen LogP contribution in [0.5, 0.6) is 0 Å². The number of para-hydroxylation sites is 2. The molecule has 1 aromatic heterocycles. The third kappa shape index (κ3) is 5.38. The van der Waals surface area contributed by atoms with E-state index in [9.17, 15) is 14.4 Å². The molecule has 3 rings (SSSR count). The third-order valence-electron chi connectivity index (χ3n) is 4.09. The van der Waals surface area contributed by atoms with Gasteiger partial charge >= 0.3 is 12.0 Å². The number of nitrogens with one attached hydrogen (secondary N) is 2. The molecule has 9 heteroatoms. The van der Waals surface area contributed by atoms with Crippen LogP contribution in [0.25, 0.3) is 11.1 Å². The summed E-state index contributed by atoms with van der Waals surface area (Å²) in [5.41, 5.74) is 2.50. The zero-order valence-corrected chi connectivity index (χ0v) is 17.3. The Labute approximate surface area is 177 Å². The normalized spacial score (nSPS) is 11.7. The van der Waals surface area contributed by atoms with Crippen LogP contribution < -0.4 is 10.6 Å². The van der Waals surface area contributed by atoms with Gasteiger partial charge in [0.05, 0.1) is 5.56 Å². The van der Waals surface area contributed by atoms with E-state index in [1.54, 1.807) is 25.1 Å². The summed E-state index contributed by atoms with van der Waals surface area (Å²) in [6.45, 7) is 3.50. The number of amides is 3. The van der Waals surface area contributed by atoms with Crippen molar-refractivity contribution in [3.05, 3.63) is 59.7 Å². The van der Waals surface area contributed by atoms with Crippen LogP contribution in [-0.4, -0.2) is 35.5 Å². The van der Waals surface area contributed by atoms with Crippen LogP contribution in [-0.2, 0) is 15.3 Å². The molecular formula is C21H21N3O5S. The molecule has 3 amide bonds. The molecule has 0 aliphatic carbocycles. The fraction of sp³-hybridized carbons (Fsp3) is 0.238. The Kier molecular flexibility index (Phi) is 7.08. The van der Waals surface area contributed by atoms with Gasteiger partial charge in [-0.25, -0.2) is 14.6 Å². The highest BCUT2D eigenvalue weighted by molar-refractivity contribution is 7.98. The molecule has 1 unspecified atom stereocenters. The first-order valence-electron chi connectivity index (χ1n) is 9.34. The van der Waals surface area contributed by atoms with Crippen molar-refractivity contribution in [2.45, 2.75) is 30.9 Å². The number of hydrogen-bond donors (Lipinski definition) is 2. The number of urea groups is 1. The second-order valence-electron chi connectivity index (χ2n) is 6.29. The van der Waals surface area contributed by atoms with Crippen LogP contribution in [0.4, 0.5) is 4.79 Å². The van der Waals surface area contributed by atoms with Crippen molar-refractivity contribution in [3.8, 4) is 0 Å². The SMILES string of the molecule is CCNC(=O)NC(=O)C(C)OC(=O)c1ccccc1CSc1nc2ccccc2o1. The topological polar surface area (TPSA) is 111 Å². The van der Waals surface area contributed by atoms with Crippen molar-refractivity contribution < 1.29 is 23.5 Å². The molecule has 1 heterocycles. The third-order valence-corrected chi connectivity index (χ3v) is 4.97.